The third-order valence-corrected chi connectivity index (χ3v) is 2.39. The first-order chi connectivity index (χ1) is 7.83. The predicted molar refractivity (Wildman–Crippen MR) is 72.4 cm³/mol. The predicted octanol–water partition coefficient (Wildman–Crippen LogP) is 3.25. The molecule has 0 aliphatic carbocycles. The van der Waals surface area contributed by atoms with Crippen molar-refractivity contribution in [1.29, 1.82) is 0 Å². The Morgan fingerprint density at radius 1 is 1.38 bits per heavy atom. The van der Waals surface area contributed by atoms with Crippen molar-refractivity contribution in [2.24, 2.45) is 0 Å². The van der Waals surface area contributed by atoms with Gasteiger partial charge in [0.1, 0.15) is 6.61 Å². The van der Waals surface area contributed by atoms with E-state index >= 15 is 0 Å². The minimum atomic E-state index is -0.370. The first-order valence-electron chi connectivity index (χ1n) is 5.02. The fourth-order valence-corrected chi connectivity index (χ4v) is 1.45. The third kappa shape index (κ3) is 5.75. The Kier molecular flexibility index (Phi) is 6.64. The SMILES string of the molecule is O=C(NCC/C=C/I)OCc1ccccc1. The average molecular weight is 331 g/mol. The summed E-state index contributed by atoms with van der Waals surface area (Å²) < 4.78 is 6.96. The van der Waals surface area contributed by atoms with Gasteiger partial charge in [-0.15, -0.1) is 0 Å². The van der Waals surface area contributed by atoms with E-state index in [1.165, 1.54) is 0 Å². The van der Waals surface area contributed by atoms with Gasteiger partial charge in [-0.3, -0.25) is 0 Å². The smallest absolute Gasteiger partial charge is 0.407 e. The Morgan fingerprint density at radius 3 is 2.81 bits per heavy atom. The number of hydrogen-bond acceptors (Lipinski definition) is 2. The van der Waals surface area contributed by atoms with Crippen molar-refractivity contribution in [3.05, 3.63) is 46.1 Å². The molecular weight excluding hydrogens is 317 g/mol. The van der Waals surface area contributed by atoms with Crippen LogP contribution in [0, 0.1) is 0 Å². The van der Waals surface area contributed by atoms with E-state index in [1.54, 1.807) is 0 Å². The van der Waals surface area contributed by atoms with E-state index in [0.29, 0.717) is 13.2 Å². The molecule has 0 unspecified atom stereocenters. The van der Waals surface area contributed by atoms with E-state index in [0.717, 1.165) is 12.0 Å². The van der Waals surface area contributed by atoms with Gasteiger partial charge in [0.05, 0.1) is 0 Å². The number of alkyl carbamates (subject to hydrolysis) is 1. The van der Waals surface area contributed by atoms with Crippen molar-refractivity contribution in [3.63, 3.8) is 0 Å². The number of nitrogens with one attached hydrogen (secondary N) is 1. The minimum Gasteiger partial charge on any atom is -0.445 e. The number of ether oxygens (including phenoxy) is 1. The summed E-state index contributed by atoms with van der Waals surface area (Å²) in [5, 5.41) is 2.67. The molecule has 4 heteroatoms. The van der Waals surface area contributed by atoms with E-state index < -0.39 is 0 Å². The fraction of sp³-hybridized carbons (Fsp3) is 0.250. The Morgan fingerprint density at radius 2 is 2.12 bits per heavy atom. The summed E-state index contributed by atoms with van der Waals surface area (Å²) in [6.07, 6.45) is 2.44. The highest BCUT2D eigenvalue weighted by Gasteiger charge is 2.00. The van der Waals surface area contributed by atoms with Gasteiger partial charge >= 0.3 is 6.09 Å². The van der Waals surface area contributed by atoms with Gasteiger partial charge in [0, 0.05) is 6.54 Å². The van der Waals surface area contributed by atoms with Crippen molar-refractivity contribution in [2.75, 3.05) is 6.54 Å². The monoisotopic (exact) mass is 331 g/mol. The Labute approximate surface area is 109 Å². The van der Waals surface area contributed by atoms with Crippen molar-refractivity contribution < 1.29 is 9.53 Å². The molecule has 1 aromatic rings. The second-order valence-corrected chi connectivity index (χ2v) is 3.86. The number of carbonyl (C=O) groups excluding carboxylic acids is 1. The first kappa shape index (κ1) is 13.0. The lowest BCUT2D eigenvalue weighted by molar-refractivity contribution is 0.140. The summed E-state index contributed by atoms with van der Waals surface area (Å²) in [4.78, 5) is 11.2. The topological polar surface area (TPSA) is 38.3 Å². The highest BCUT2D eigenvalue weighted by molar-refractivity contribution is 14.1. The zero-order valence-electron chi connectivity index (χ0n) is 8.86. The molecule has 0 atom stereocenters. The van der Waals surface area contributed by atoms with Crippen LogP contribution in [0.1, 0.15) is 12.0 Å². The molecule has 16 heavy (non-hydrogen) atoms. The van der Waals surface area contributed by atoms with Crippen LogP contribution in [0.3, 0.4) is 0 Å². The largest absolute Gasteiger partial charge is 0.445 e. The van der Waals surface area contributed by atoms with Gasteiger partial charge in [0.15, 0.2) is 0 Å². The van der Waals surface area contributed by atoms with Crippen molar-refractivity contribution in [1.82, 2.24) is 5.32 Å². The molecule has 0 aliphatic heterocycles. The molecule has 1 N–H and O–H groups in total. The normalized spacial score (nSPS) is 10.3. The number of amides is 1. The van der Waals surface area contributed by atoms with Gasteiger partial charge in [0.25, 0.3) is 0 Å². The lowest BCUT2D eigenvalue weighted by Gasteiger charge is -2.05. The van der Waals surface area contributed by atoms with E-state index in [2.05, 4.69) is 27.9 Å². The van der Waals surface area contributed by atoms with Crippen LogP contribution in [-0.2, 0) is 11.3 Å². The molecule has 0 saturated carbocycles. The molecule has 0 spiro atoms. The number of hydrogen-bond donors (Lipinski definition) is 1. The molecule has 3 nitrogen and oxygen atoms in total. The minimum absolute atomic E-state index is 0.314. The second-order valence-electron chi connectivity index (χ2n) is 3.14. The van der Waals surface area contributed by atoms with E-state index in [4.69, 9.17) is 4.74 Å². The molecular formula is C12H14INO2. The summed E-state index contributed by atoms with van der Waals surface area (Å²) in [5.41, 5.74) is 0.991. The number of rotatable bonds is 5. The molecule has 86 valence electrons. The van der Waals surface area contributed by atoms with Crippen molar-refractivity contribution in [2.45, 2.75) is 13.0 Å². The lowest BCUT2D eigenvalue weighted by Crippen LogP contribution is -2.24. The van der Waals surface area contributed by atoms with Gasteiger partial charge in [-0.1, -0.05) is 59.0 Å². The Hall–Kier alpha value is -1.04. The molecule has 1 amide bonds. The quantitative estimate of drug-likeness (QED) is 0.664. The maximum Gasteiger partial charge on any atom is 0.407 e. The highest BCUT2D eigenvalue weighted by atomic mass is 127. The molecule has 0 aromatic heterocycles. The number of halogens is 1. The van der Waals surface area contributed by atoms with Crippen molar-refractivity contribution >= 4 is 28.7 Å². The lowest BCUT2D eigenvalue weighted by atomic mass is 10.2. The number of benzene rings is 1. The Bertz CT molecular complexity index is 338. The second kappa shape index (κ2) is 8.15. The van der Waals surface area contributed by atoms with Crippen molar-refractivity contribution in [3.8, 4) is 0 Å². The molecule has 1 aromatic carbocycles. The van der Waals surface area contributed by atoms with Gasteiger partial charge in [0.2, 0.25) is 0 Å². The third-order valence-electron chi connectivity index (χ3n) is 1.88. The van der Waals surface area contributed by atoms with Gasteiger partial charge in [-0.2, -0.15) is 0 Å². The molecule has 0 bridgehead atoms. The zero-order valence-corrected chi connectivity index (χ0v) is 11.0. The fourth-order valence-electron chi connectivity index (χ4n) is 1.09. The van der Waals surface area contributed by atoms with Gasteiger partial charge in [-0.05, 0) is 16.1 Å². The molecule has 1 rings (SSSR count). The van der Waals surface area contributed by atoms with Crippen LogP contribution in [0.25, 0.3) is 0 Å². The zero-order chi connectivity index (χ0) is 11.6. The molecule has 0 saturated heterocycles. The van der Waals surface area contributed by atoms with Gasteiger partial charge in [-0.25, -0.2) is 4.79 Å². The molecule has 0 heterocycles. The maximum absolute atomic E-state index is 11.2. The maximum atomic E-state index is 11.2. The van der Waals surface area contributed by atoms with Gasteiger partial charge < -0.3 is 10.1 Å². The molecule has 0 radical (unpaired) electrons. The number of carbonyl (C=O) groups is 1. The Balaban J connectivity index is 2.15. The molecule has 0 aliphatic rings. The van der Waals surface area contributed by atoms with Crippen LogP contribution < -0.4 is 5.32 Å². The van der Waals surface area contributed by atoms with Crippen LogP contribution in [0.2, 0.25) is 0 Å². The van der Waals surface area contributed by atoms with E-state index in [1.807, 2.05) is 40.5 Å². The van der Waals surface area contributed by atoms with Crippen LogP contribution in [0.15, 0.2) is 40.5 Å². The van der Waals surface area contributed by atoms with Crippen LogP contribution in [-0.4, -0.2) is 12.6 Å². The van der Waals surface area contributed by atoms with E-state index in [9.17, 15) is 4.79 Å². The standard InChI is InChI=1S/C12H14INO2/c13-8-4-5-9-14-12(15)16-10-11-6-2-1-3-7-11/h1-4,6-8H,5,9-10H2,(H,14,15)/b8-4+. The molecule has 0 fully saturated rings. The average Bonchev–Trinajstić information content (AvgIpc) is 2.33. The summed E-state index contributed by atoms with van der Waals surface area (Å²) in [6.45, 7) is 0.919. The summed E-state index contributed by atoms with van der Waals surface area (Å²) in [6, 6.07) is 9.61. The first-order valence-corrected chi connectivity index (χ1v) is 6.27. The van der Waals surface area contributed by atoms with Crippen LogP contribution >= 0.6 is 22.6 Å². The van der Waals surface area contributed by atoms with Crippen LogP contribution in [0.4, 0.5) is 4.79 Å². The van der Waals surface area contributed by atoms with Crippen LogP contribution in [0.5, 0.6) is 0 Å². The summed E-state index contributed by atoms with van der Waals surface area (Å²) in [5.74, 6) is 0. The summed E-state index contributed by atoms with van der Waals surface area (Å²) >= 11 is 2.14. The van der Waals surface area contributed by atoms with E-state index in [-0.39, 0.29) is 6.09 Å². The highest BCUT2D eigenvalue weighted by Crippen LogP contribution is 2.00. The summed E-state index contributed by atoms with van der Waals surface area (Å²) in [7, 11) is 0.